The van der Waals surface area contributed by atoms with E-state index >= 15 is 0 Å². The van der Waals surface area contributed by atoms with Crippen molar-refractivity contribution < 1.29 is 8.42 Å². The molecule has 0 amide bonds. The van der Waals surface area contributed by atoms with E-state index < -0.39 is 10.0 Å². The van der Waals surface area contributed by atoms with Crippen LogP contribution in [-0.2, 0) is 16.6 Å². The van der Waals surface area contributed by atoms with Crippen molar-refractivity contribution in [1.82, 2.24) is 9.21 Å². The molecule has 0 unspecified atom stereocenters. The van der Waals surface area contributed by atoms with Gasteiger partial charge in [-0.2, -0.15) is 4.31 Å². The van der Waals surface area contributed by atoms with E-state index in [0.29, 0.717) is 24.0 Å². The number of fused-ring (bicyclic) bond motifs is 1. The SMILES string of the molecule is CN(Cc1ccccc1)C1CCN(S(=O)(=O)c2ccc3ccccc3c2)CC1. The highest BCUT2D eigenvalue weighted by Crippen LogP contribution is 2.26. The lowest BCUT2D eigenvalue weighted by Gasteiger charge is -2.36. The van der Waals surface area contributed by atoms with Crippen LogP contribution in [0.25, 0.3) is 10.8 Å². The van der Waals surface area contributed by atoms with Crippen LogP contribution < -0.4 is 0 Å². The Balaban J connectivity index is 1.43. The summed E-state index contributed by atoms with van der Waals surface area (Å²) in [5.74, 6) is 0. The second-order valence-electron chi connectivity index (χ2n) is 7.54. The molecule has 1 saturated heterocycles. The molecule has 1 aliphatic heterocycles. The Morgan fingerprint density at radius 3 is 2.25 bits per heavy atom. The Morgan fingerprint density at radius 1 is 0.893 bits per heavy atom. The topological polar surface area (TPSA) is 40.6 Å². The molecule has 3 aromatic carbocycles. The first-order valence-corrected chi connectivity index (χ1v) is 11.2. The fourth-order valence-electron chi connectivity index (χ4n) is 4.00. The van der Waals surface area contributed by atoms with Crippen LogP contribution in [0.15, 0.2) is 77.7 Å². The molecule has 0 aromatic heterocycles. The molecular weight excluding hydrogens is 368 g/mol. The van der Waals surface area contributed by atoms with Crippen LogP contribution in [0.1, 0.15) is 18.4 Å². The maximum absolute atomic E-state index is 13.1. The average molecular weight is 395 g/mol. The van der Waals surface area contributed by atoms with E-state index in [9.17, 15) is 8.42 Å². The minimum Gasteiger partial charge on any atom is -0.299 e. The fourth-order valence-corrected chi connectivity index (χ4v) is 5.51. The normalized spacial score (nSPS) is 16.6. The van der Waals surface area contributed by atoms with E-state index in [1.54, 1.807) is 16.4 Å². The molecule has 0 N–H and O–H groups in total. The van der Waals surface area contributed by atoms with E-state index in [1.165, 1.54) is 5.56 Å². The highest BCUT2D eigenvalue weighted by Gasteiger charge is 2.30. The molecule has 0 radical (unpaired) electrons. The summed E-state index contributed by atoms with van der Waals surface area (Å²) in [7, 11) is -1.32. The number of rotatable bonds is 5. The van der Waals surface area contributed by atoms with Crippen LogP contribution in [0.4, 0.5) is 0 Å². The lowest BCUT2D eigenvalue weighted by atomic mass is 10.0. The van der Waals surface area contributed by atoms with E-state index in [0.717, 1.165) is 30.2 Å². The molecule has 28 heavy (non-hydrogen) atoms. The summed E-state index contributed by atoms with van der Waals surface area (Å²) in [5.41, 5.74) is 1.29. The second-order valence-corrected chi connectivity index (χ2v) is 9.48. The second kappa shape index (κ2) is 8.03. The lowest BCUT2D eigenvalue weighted by Crippen LogP contribution is -2.45. The van der Waals surface area contributed by atoms with Gasteiger partial charge in [0.15, 0.2) is 0 Å². The first kappa shape index (κ1) is 19.1. The largest absolute Gasteiger partial charge is 0.299 e. The standard InChI is InChI=1S/C23H26N2O2S/c1-24(18-19-7-3-2-4-8-19)22-13-15-25(16-14-22)28(26,27)23-12-11-20-9-5-6-10-21(20)17-23/h2-12,17,22H,13-16,18H2,1H3. The summed E-state index contributed by atoms with van der Waals surface area (Å²) < 4.78 is 27.9. The molecule has 0 spiro atoms. The van der Waals surface area contributed by atoms with Crippen LogP contribution in [0.2, 0.25) is 0 Å². The molecule has 4 nitrogen and oxygen atoms in total. The summed E-state index contributed by atoms with van der Waals surface area (Å²) in [4.78, 5) is 2.73. The number of nitrogens with zero attached hydrogens (tertiary/aromatic N) is 2. The number of piperidine rings is 1. The van der Waals surface area contributed by atoms with E-state index in [2.05, 4.69) is 36.2 Å². The summed E-state index contributed by atoms with van der Waals surface area (Å²) >= 11 is 0. The monoisotopic (exact) mass is 394 g/mol. The van der Waals surface area contributed by atoms with Gasteiger partial charge in [0.1, 0.15) is 0 Å². The summed E-state index contributed by atoms with van der Waals surface area (Å²) in [6.45, 7) is 2.03. The predicted octanol–water partition coefficient (Wildman–Crippen LogP) is 4.12. The Labute approximate surface area is 167 Å². The first-order chi connectivity index (χ1) is 13.5. The van der Waals surface area contributed by atoms with E-state index in [4.69, 9.17) is 0 Å². The first-order valence-electron chi connectivity index (χ1n) is 9.77. The molecule has 0 aliphatic carbocycles. The maximum Gasteiger partial charge on any atom is 0.243 e. The third-order valence-electron chi connectivity index (χ3n) is 5.68. The van der Waals surface area contributed by atoms with Gasteiger partial charge in [-0.25, -0.2) is 8.42 Å². The van der Waals surface area contributed by atoms with Gasteiger partial charge in [-0.1, -0.05) is 60.7 Å². The molecule has 0 saturated carbocycles. The smallest absolute Gasteiger partial charge is 0.243 e. The molecule has 146 valence electrons. The van der Waals surface area contributed by atoms with Crippen LogP contribution >= 0.6 is 0 Å². The van der Waals surface area contributed by atoms with Gasteiger partial charge in [0.2, 0.25) is 10.0 Å². The third kappa shape index (κ3) is 3.97. The summed E-state index contributed by atoms with van der Waals surface area (Å²) in [5, 5.41) is 2.02. The molecule has 4 rings (SSSR count). The molecule has 0 atom stereocenters. The van der Waals surface area contributed by atoms with Crippen molar-refractivity contribution in [2.24, 2.45) is 0 Å². The summed E-state index contributed by atoms with van der Waals surface area (Å²) in [6.07, 6.45) is 1.71. The Bertz CT molecular complexity index is 1040. The predicted molar refractivity (Wildman–Crippen MR) is 114 cm³/mol. The van der Waals surface area contributed by atoms with Gasteiger partial charge >= 0.3 is 0 Å². The van der Waals surface area contributed by atoms with Gasteiger partial charge in [-0.15, -0.1) is 0 Å². The van der Waals surface area contributed by atoms with Gasteiger partial charge < -0.3 is 0 Å². The quantitative estimate of drug-likeness (QED) is 0.653. The highest BCUT2D eigenvalue weighted by molar-refractivity contribution is 7.89. The number of hydrogen-bond donors (Lipinski definition) is 0. The molecule has 1 heterocycles. The zero-order valence-corrected chi connectivity index (χ0v) is 17.0. The molecular formula is C23H26N2O2S. The van der Waals surface area contributed by atoms with Crippen LogP contribution in [0.5, 0.6) is 0 Å². The minimum absolute atomic E-state index is 0.391. The van der Waals surface area contributed by atoms with Crippen LogP contribution in [-0.4, -0.2) is 43.8 Å². The Kier molecular flexibility index (Phi) is 5.49. The average Bonchev–Trinajstić information content (AvgIpc) is 2.74. The molecule has 1 fully saturated rings. The Morgan fingerprint density at radius 2 is 1.54 bits per heavy atom. The molecule has 0 bridgehead atoms. The van der Waals surface area contributed by atoms with Crippen molar-refractivity contribution in [2.45, 2.75) is 30.3 Å². The van der Waals surface area contributed by atoms with Crippen LogP contribution in [0, 0.1) is 0 Å². The number of benzene rings is 3. The molecule has 1 aliphatic rings. The van der Waals surface area contributed by atoms with Gasteiger partial charge in [0.05, 0.1) is 4.90 Å². The van der Waals surface area contributed by atoms with Crippen molar-refractivity contribution in [3.63, 3.8) is 0 Å². The van der Waals surface area contributed by atoms with Gasteiger partial charge in [0, 0.05) is 25.7 Å². The molecule has 3 aromatic rings. The van der Waals surface area contributed by atoms with E-state index in [1.807, 2.05) is 36.4 Å². The third-order valence-corrected chi connectivity index (χ3v) is 7.57. The van der Waals surface area contributed by atoms with Crippen molar-refractivity contribution in [3.8, 4) is 0 Å². The highest BCUT2D eigenvalue weighted by atomic mass is 32.2. The summed E-state index contributed by atoms with van der Waals surface area (Å²) in [6, 6.07) is 24.1. The zero-order valence-electron chi connectivity index (χ0n) is 16.2. The van der Waals surface area contributed by atoms with Gasteiger partial charge in [-0.3, -0.25) is 4.90 Å². The van der Waals surface area contributed by atoms with E-state index in [-0.39, 0.29) is 0 Å². The molecule has 5 heteroatoms. The fraction of sp³-hybridized carbons (Fsp3) is 0.304. The van der Waals surface area contributed by atoms with Crippen molar-refractivity contribution in [1.29, 1.82) is 0 Å². The van der Waals surface area contributed by atoms with Crippen molar-refractivity contribution in [2.75, 3.05) is 20.1 Å². The van der Waals surface area contributed by atoms with Gasteiger partial charge in [0.25, 0.3) is 0 Å². The number of sulfonamides is 1. The zero-order chi connectivity index (χ0) is 19.6. The van der Waals surface area contributed by atoms with Crippen molar-refractivity contribution >= 4 is 20.8 Å². The van der Waals surface area contributed by atoms with Gasteiger partial charge in [-0.05, 0) is 48.4 Å². The van der Waals surface area contributed by atoms with Crippen molar-refractivity contribution in [3.05, 3.63) is 78.4 Å². The maximum atomic E-state index is 13.1. The lowest BCUT2D eigenvalue weighted by molar-refractivity contribution is 0.162. The minimum atomic E-state index is -3.45. The van der Waals surface area contributed by atoms with Crippen LogP contribution in [0.3, 0.4) is 0 Å². The number of hydrogen-bond acceptors (Lipinski definition) is 3. The Hall–Kier alpha value is -2.21.